The van der Waals surface area contributed by atoms with E-state index in [4.69, 9.17) is 4.74 Å². The van der Waals surface area contributed by atoms with Crippen LogP contribution in [0.5, 0.6) is 0 Å². The third-order valence-corrected chi connectivity index (χ3v) is 6.55. The number of carbonyl (C=O) groups is 1. The molecule has 0 radical (unpaired) electrons. The molecule has 6 nitrogen and oxygen atoms in total. The summed E-state index contributed by atoms with van der Waals surface area (Å²) >= 11 is 0. The Hall–Kier alpha value is -1.44. The maximum atomic E-state index is 13.0. The van der Waals surface area contributed by atoms with Crippen LogP contribution in [-0.2, 0) is 19.6 Å². The van der Waals surface area contributed by atoms with Crippen LogP contribution in [-0.4, -0.2) is 52.0 Å². The minimum absolute atomic E-state index is 0.0723. The van der Waals surface area contributed by atoms with Crippen LogP contribution in [0.4, 0.5) is 0 Å². The van der Waals surface area contributed by atoms with Crippen LogP contribution in [0.3, 0.4) is 0 Å². The number of methoxy groups -OCH3 is 1. The summed E-state index contributed by atoms with van der Waals surface area (Å²) in [7, 11) is -1.95. The molecule has 140 valence electrons. The van der Waals surface area contributed by atoms with E-state index in [-0.39, 0.29) is 18.4 Å². The number of rotatable bonds is 7. The van der Waals surface area contributed by atoms with Crippen molar-refractivity contribution < 1.29 is 17.9 Å². The van der Waals surface area contributed by atoms with Gasteiger partial charge in [0.2, 0.25) is 15.9 Å². The highest BCUT2D eigenvalue weighted by atomic mass is 32.2. The predicted molar refractivity (Wildman–Crippen MR) is 96.9 cm³/mol. The van der Waals surface area contributed by atoms with Crippen LogP contribution >= 0.6 is 0 Å². The monoisotopic (exact) mass is 368 g/mol. The van der Waals surface area contributed by atoms with E-state index >= 15 is 0 Å². The molecule has 2 rings (SSSR count). The first-order valence-electron chi connectivity index (χ1n) is 8.70. The van der Waals surface area contributed by atoms with Crippen molar-refractivity contribution in [3.63, 3.8) is 0 Å². The molecule has 0 saturated carbocycles. The highest BCUT2D eigenvalue weighted by Crippen LogP contribution is 2.26. The lowest BCUT2D eigenvalue weighted by Crippen LogP contribution is -2.45. The summed E-state index contributed by atoms with van der Waals surface area (Å²) in [5.41, 5.74) is 1.64. The van der Waals surface area contributed by atoms with Gasteiger partial charge in [0.05, 0.1) is 10.8 Å². The molecule has 1 aromatic carbocycles. The van der Waals surface area contributed by atoms with E-state index in [0.717, 1.165) is 24.0 Å². The molecule has 1 saturated heterocycles. The average molecular weight is 368 g/mol. The molecular weight excluding hydrogens is 340 g/mol. The first kappa shape index (κ1) is 19.9. The predicted octanol–water partition coefficient (Wildman–Crippen LogP) is 1.86. The van der Waals surface area contributed by atoms with Crippen LogP contribution in [0.1, 0.15) is 30.4 Å². The van der Waals surface area contributed by atoms with Crippen molar-refractivity contribution in [3.05, 3.63) is 29.3 Å². The highest BCUT2D eigenvalue weighted by Gasteiger charge is 2.33. The van der Waals surface area contributed by atoms with Crippen molar-refractivity contribution >= 4 is 15.9 Å². The van der Waals surface area contributed by atoms with E-state index in [9.17, 15) is 13.2 Å². The van der Waals surface area contributed by atoms with Crippen LogP contribution in [0.15, 0.2) is 23.1 Å². The topological polar surface area (TPSA) is 75.7 Å². The minimum Gasteiger partial charge on any atom is -0.385 e. The van der Waals surface area contributed by atoms with E-state index in [1.54, 1.807) is 20.1 Å². The van der Waals surface area contributed by atoms with E-state index in [1.807, 2.05) is 19.1 Å². The van der Waals surface area contributed by atoms with Crippen LogP contribution in [0.2, 0.25) is 0 Å². The van der Waals surface area contributed by atoms with Gasteiger partial charge in [-0.25, -0.2) is 8.42 Å². The van der Waals surface area contributed by atoms with Crippen molar-refractivity contribution in [2.75, 3.05) is 33.4 Å². The number of hydrogen-bond donors (Lipinski definition) is 1. The second-order valence-corrected chi connectivity index (χ2v) is 8.51. The summed E-state index contributed by atoms with van der Waals surface area (Å²) in [6.45, 7) is 5.53. The molecule has 7 heteroatoms. The number of nitrogens with one attached hydrogen (secondary N) is 1. The Morgan fingerprint density at radius 1 is 1.36 bits per heavy atom. The number of sulfonamides is 1. The van der Waals surface area contributed by atoms with Crippen molar-refractivity contribution in [1.82, 2.24) is 9.62 Å². The van der Waals surface area contributed by atoms with Gasteiger partial charge in [-0.15, -0.1) is 0 Å². The summed E-state index contributed by atoms with van der Waals surface area (Å²) in [5, 5.41) is 2.88. The van der Waals surface area contributed by atoms with Gasteiger partial charge >= 0.3 is 0 Å². The summed E-state index contributed by atoms with van der Waals surface area (Å²) < 4.78 is 32.4. The largest absolute Gasteiger partial charge is 0.385 e. The number of carbonyl (C=O) groups excluding carboxylic acids is 1. The summed E-state index contributed by atoms with van der Waals surface area (Å²) in [5.74, 6) is -0.367. The Bertz CT molecular complexity index is 703. The maximum Gasteiger partial charge on any atom is 0.243 e. The number of aryl methyl sites for hydroxylation is 2. The Kier molecular flexibility index (Phi) is 6.98. The minimum atomic E-state index is -3.58. The van der Waals surface area contributed by atoms with Gasteiger partial charge in [0.1, 0.15) is 0 Å². The maximum absolute atomic E-state index is 13.0. The second-order valence-electron chi connectivity index (χ2n) is 6.61. The quantitative estimate of drug-likeness (QED) is 0.746. The first-order chi connectivity index (χ1) is 11.9. The van der Waals surface area contributed by atoms with E-state index < -0.39 is 10.0 Å². The number of hydrogen-bond acceptors (Lipinski definition) is 4. The zero-order valence-corrected chi connectivity index (χ0v) is 16.1. The van der Waals surface area contributed by atoms with Gasteiger partial charge in [-0.2, -0.15) is 4.31 Å². The molecule has 0 spiro atoms. The molecule has 1 heterocycles. The van der Waals surface area contributed by atoms with Crippen LogP contribution in [0, 0.1) is 19.8 Å². The smallest absolute Gasteiger partial charge is 0.243 e. The van der Waals surface area contributed by atoms with Crippen molar-refractivity contribution in [1.29, 1.82) is 0 Å². The number of ether oxygens (including phenoxy) is 1. The molecular formula is C18H28N2O4S. The van der Waals surface area contributed by atoms with Gasteiger partial charge in [0.15, 0.2) is 0 Å². The highest BCUT2D eigenvalue weighted by molar-refractivity contribution is 7.89. The zero-order chi connectivity index (χ0) is 18.4. The third kappa shape index (κ3) is 5.03. The van der Waals surface area contributed by atoms with Gasteiger partial charge in [0.25, 0.3) is 0 Å². The molecule has 1 aliphatic rings. The Morgan fingerprint density at radius 2 is 2.12 bits per heavy atom. The number of amides is 1. The van der Waals surface area contributed by atoms with Gasteiger partial charge in [-0.1, -0.05) is 12.1 Å². The lowest BCUT2D eigenvalue weighted by molar-refractivity contribution is -0.126. The molecule has 1 aliphatic heterocycles. The van der Waals surface area contributed by atoms with Gasteiger partial charge < -0.3 is 10.1 Å². The number of nitrogens with zero attached hydrogens (tertiary/aromatic N) is 1. The summed E-state index contributed by atoms with van der Waals surface area (Å²) in [6.07, 6.45) is 2.16. The molecule has 1 fully saturated rings. The zero-order valence-electron chi connectivity index (χ0n) is 15.2. The van der Waals surface area contributed by atoms with E-state index in [0.29, 0.717) is 31.0 Å². The lowest BCUT2D eigenvalue weighted by atomic mass is 9.99. The molecule has 1 atom stereocenters. The lowest BCUT2D eigenvalue weighted by Gasteiger charge is -2.31. The fraction of sp³-hybridized carbons (Fsp3) is 0.611. The van der Waals surface area contributed by atoms with Crippen molar-refractivity contribution in [2.24, 2.45) is 5.92 Å². The third-order valence-electron chi connectivity index (χ3n) is 4.54. The normalized spacial score (nSPS) is 18.9. The fourth-order valence-corrected chi connectivity index (χ4v) is 4.91. The molecule has 1 amide bonds. The van der Waals surface area contributed by atoms with Gasteiger partial charge in [-0.3, -0.25) is 4.79 Å². The molecule has 0 aromatic heterocycles. The van der Waals surface area contributed by atoms with Gasteiger partial charge in [0, 0.05) is 33.4 Å². The molecule has 25 heavy (non-hydrogen) atoms. The van der Waals surface area contributed by atoms with Crippen LogP contribution in [0.25, 0.3) is 0 Å². The van der Waals surface area contributed by atoms with Crippen LogP contribution < -0.4 is 5.32 Å². The molecule has 1 N–H and O–H groups in total. The van der Waals surface area contributed by atoms with E-state index in [2.05, 4.69) is 5.32 Å². The molecule has 0 aliphatic carbocycles. The Morgan fingerprint density at radius 3 is 2.84 bits per heavy atom. The Balaban J connectivity index is 2.07. The standard InChI is InChI=1S/C18H28N2O4S/c1-14-7-8-15(2)17(12-14)25(22,23)20-10-4-6-16(13-20)18(21)19-9-5-11-24-3/h7-8,12,16H,4-6,9-11,13H2,1-3H3,(H,19,21)/t16-/m0/s1. The van der Waals surface area contributed by atoms with Gasteiger partial charge in [-0.05, 0) is 50.3 Å². The van der Waals surface area contributed by atoms with E-state index in [1.165, 1.54) is 4.31 Å². The number of piperidine rings is 1. The second kappa shape index (κ2) is 8.78. The fourth-order valence-electron chi connectivity index (χ4n) is 3.07. The average Bonchev–Trinajstić information content (AvgIpc) is 2.60. The molecule has 1 aromatic rings. The molecule has 0 bridgehead atoms. The van der Waals surface area contributed by atoms with Crippen molar-refractivity contribution in [2.45, 2.75) is 38.0 Å². The SMILES string of the molecule is COCCCNC(=O)[C@H]1CCCN(S(=O)(=O)c2cc(C)ccc2C)C1. The van der Waals surface area contributed by atoms with Crippen molar-refractivity contribution in [3.8, 4) is 0 Å². The molecule has 0 unspecified atom stereocenters. The Labute approximate surface area is 150 Å². The number of benzene rings is 1. The first-order valence-corrected chi connectivity index (χ1v) is 10.1. The summed E-state index contributed by atoms with van der Waals surface area (Å²) in [6, 6.07) is 5.44. The summed E-state index contributed by atoms with van der Waals surface area (Å²) in [4.78, 5) is 12.7.